The van der Waals surface area contributed by atoms with Crippen LogP contribution in [0.25, 0.3) is 0 Å². The third-order valence-electron chi connectivity index (χ3n) is 3.23. The van der Waals surface area contributed by atoms with E-state index in [1.807, 2.05) is 45.0 Å². The summed E-state index contributed by atoms with van der Waals surface area (Å²) in [5.74, 6) is 0.837. The average molecular weight is 264 g/mol. The molecule has 4 heteroatoms. The highest BCUT2D eigenvalue weighted by molar-refractivity contribution is 5.86. The summed E-state index contributed by atoms with van der Waals surface area (Å²) in [5, 5.41) is 0. The Labute approximate surface area is 115 Å². The molecule has 0 amide bonds. The summed E-state index contributed by atoms with van der Waals surface area (Å²) in [5.41, 5.74) is 12.4. The van der Waals surface area contributed by atoms with Crippen molar-refractivity contribution in [2.45, 2.75) is 32.7 Å². The predicted octanol–water partition coefficient (Wildman–Crippen LogP) is 1.68. The molecule has 0 saturated heterocycles. The highest BCUT2D eigenvalue weighted by atomic mass is 16.5. The second-order valence-corrected chi connectivity index (χ2v) is 5.08. The van der Waals surface area contributed by atoms with E-state index < -0.39 is 6.04 Å². The van der Waals surface area contributed by atoms with Gasteiger partial charge in [0.15, 0.2) is 5.78 Å². The second kappa shape index (κ2) is 7.26. The molecule has 0 fully saturated rings. The number of nitrogens with two attached hydrogens (primary N) is 2. The van der Waals surface area contributed by atoms with E-state index >= 15 is 0 Å². The van der Waals surface area contributed by atoms with Gasteiger partial charge in [-0.05, 0) is 17.7 Å². The minimum Gasteiger partial charge on any atom is -0.492 e. The van der Waals surface area contributed by atoms with Gasteiger partial charge >= 0.3 is 0 Å². The molecule has 0 bridgehead atoms. The van der Waals surface area contributed by atoms with Crippen molar-refractivity contribution in [2.24, 2.45) is 17.4 Å². The molecule has 0 aromatic heterocycles. The van der Waals surface area contributed by atoms with Crippen LogP contribution in [-0.2, 0) is 4.79 Å². The van der Waals surface area contributed by atoms with Gasteiger partial charge in [-0.2, -0.15) is 0 Å². The van der Waals surface area contributed by atoms with Crippen molar-refractivity contribution in [1.82, 2.24) is 0 Å². The molecule has 4 nitrogen and oxygen atoms in total. The topological polar surface area (TPSA) is 78.3 Å². The maximum absolute atomic E-state index is 11.9. The zero-order valence-corrected chi connectivity index (χ0v) is 11.9. The molecule has 106 valence electrons. The minimum atomic E-state index is -0.462. The summed E-state index contributed by atoms with van der Waals surface area (Å²) in [4.78, 5) is 11.9. The third-order valence-corrected chi connectivity index (χ3v) is 3.23. The van der Waals surface area contributed by atoms with Crippen molar-refractivity contribution in [2.75, 3.05) is 13.2 Å². The number of benzene rings is 1. The van der Waals surface area contributed by atoms with Crippen molar-refractivity contribution < 1.29 is 9.53 Å². The number of hydrogen-bond acceptors (Lipinski definition) is 4. The summed E-state index contributed by atoms with van der Waals surface area (Å²) in [6.45, 7) is 6.71. The van der Waals surface area contributed by atoms with Gasteiger partial charge in [0, 0.05) is 18.4 Å². The Hall–Kier alpha value is -1.39. The van der Waals surface area contributed by atoms with E-state index in [-0.39, 0.29) is 17.6 Å². The second-order valence-electron chi connectivity index (χ2n) is 5.08. The maximum atomic E-state index is 11.9. The fourth-order valence-corrected chi connectivity index (χ4v) is 1.88. The molecule has 1 aromatic carbocycles. The van der Waals surface area contributed by atoms with Gasteiger partial charge in [0.2, 0.25) is 0 Å². The van der Waals surface area contributed by atoms with E-state index in [0.29, 0.717) is 13.2 Å². The molecule has 0 aliphatic carbocycles. The first kappa shape index (κ1) is 15.7. The smallest absolute Gasteiger partial charge is 0.152 e. The molecule has 0 radical (unpaired) electrons. The van der Waals surface area contributed by atoms with Gasteiger partial charge in [-0.3, -0.25) is 4.79 Å². The Morgan fingerprint density at radius 3 is 2.26 bits per heavy atom. The van der Waals surface area contributed by atoms with Crippen LogP contribution in [0.15, 0.2) is 24.3 Å². The summed E-state index contributed by atoms with van der Waals surface area (Å²) in [6.07, 6.45) is 0. The zero-order valence-electron chi connectivity index (χ0n) is 11.9. The van der Waals surface area contributed by atoms with Crippen LogP contribution in [0, 0.1) is 5.92 Å². The van der Waals surface area contributed by atoms with Gasteiger partial charge < -0.3 is 16.2 Å². The first-order valence-electron chi connectivity index (χ1n) is 6.69. The van der Waals surface area contributed by atoms with E-state index in [9.17, 15) is 4.79 Å². The summed E-state index contributed by atoms with van der Waals surface area (Å²) in [6, 6.07) is 7.20. The molecule has 1 rings (SSSR count). The van der Waals surface area contributed by atoms with E-state index in [1.54, 1.807) is 0 Å². The molecule has 0 aliphatic heterocycles. The maximum Gasteiger partial charge on any atom is 0.152 e. The van der Waals surface area contributed by atoms with Crippen molar-refractivity contribution >= 4 is 5.78 Å². The highest BCUT2D eigenvalue weighted by Crippen LogP contribution is 2.23. The molecule has 2 unspecified atom stereocenters. The fourth-order valence-electron chi connectivity index (χ4n) is 1.88. The molecule has 4 N–H and O–H groups in total. The lowest BCUT2D eigenvalue weighted by Gasteiger charge is -2.21. The normalized spacial score (nSPS) is 14.2. The molecule has 0 spiro atoms. The van der Waals surface area contributed by atoms with Gasteiger partial charge in [0.05, 0.1) is 6.04 Å². The van der Waals surface area contributed by atoms with Crippen LogP contribution in [0.4, 0.5) is 0 Å². The summed E-state index contributed by atoms with van der Waals surface area (Å²) in [7, 11) is 0. The molecule has 0 saturated carbocycles. The SMILES string of the molecule is CC(C)C(=O)C(N)C(C)c1ccc(OCCN)cc1. The number of rotatable bonds is 7. The van der Waals surface area contributed by atoms with Crippen LogP contribution in [0.2, 0.25) is 0 Å². The van der Waals surface area contributed by atoms with Crippen molar-refractivity contribution in [3.05, 3.63) is 29.8 Å². The lowest BCUT2D eigenvalue weighted by Crippen LogP contribution is -2.38. The van der Waals surface area contributed by atoms with Crippen molar-refractivity contribution in [1.29, 1.82) is 0 Å². The standard InChI is InChI=1S/C15H24N2O2/c1-10(2)15(18)14(17)11(3)12-4-6-13(7-5-12)19-9-8-16/h4-7,10-11,14H,8-9,16-17H2,1-3H3. The lowest BCUT2D eigenvalue weighted by atomic mass is 9.87. The van der Waals surface area contributed by atoms with E-state index in [2.05, 4.69) is 0 Å². The summed E-state index contributed by atoms with van der Waals surface area (Å²) < 4.78 is 5.41. The van der Waals surface area contributed by atoms with E-state index in [1.165, 1.54) is 0 Å². The van der Waals surface area contributed by atoms with Crippen LogP contribution < -0.4 is 16.2 Å². The number of hydrogen-bond donors (Lipinski definition) is 2. The number of carbonyl (C=O) groups excluding carboxylic acids is 1. The first-order valence-corrected chi connectivity index (χ1v) is 6.69. The van der Waals surface area contributed by atoms with Crippen LogP contribution in [0.1, 0.15) is 32.3 Å². The number of carbonyl (C=O) groups is 1. The number of ether oxygens (including phenoxy) is 1. The Bertz CT molecular complexity index is 401. The van der Waals surface area contributed by atoms with Crippen LogP contribution in [-0.4, -0.2) is 25.0 Å². The first-order chi connectivity index (χ1) is 8.97. The fraction of sp³-hybridized carbons (Fsp3) is 0.533. The Kier molecular flexibility index (Phi) is 5.99. The Morgan fingerprint density at radius 1 is 1.21 bits per heavy atom. The predicted molar refractivity (Wildman–Crippen MR) is 77.2 cm³/mol. The van der Waals surface area contributed by atoms with E-state index in [4.69, 9.17) is 16.2 Å². The molecular weight excluding hydrogens is 240 g/mol. The van der Waals surface area contributed by atoms with Crippen LogP contribution >= 0.6 is 0 Å². The van der Waals surface area contributed by atoms with Crippen LogP contribution in [0.3, 0.4) is 0 Å². The molecular formula is C15H24N2O2. The summed E-state index contributed by atoms with van der Waals surface area (Å²) >= 11 is 0. The highest BCUT2D eigenvalue weighted by Gasteiger charge is 2.24. The number of ketones is 1. The molecule has 0 aliphatic rings. The molecule has 1 aromatic rings. The quantitative estimate of drug-likeness (QED) is 0.785. The van der Waals surface area contributed by atoms with Crippen LogP contribution in [0.5, 0.6) is 5.75 Å². The minimum absolute atomic E-state index is 0.00143. The van der Waals surface area contributed by atoms with Gasteiger partial charge in [0.1, 0.15) is 12.4 Å². The lowest BCUT2D eigenvalue weighted by molar-refractivity contribution is -0.123. The van der Waals surface area contributed by atoms with E-state index in [0.717, 1.165) is 11.3 Å². The third kappa shape index (κ3) is 4.33. The van der Waals surface area contributed by atoms with Crippen molar-refractivity contribution in [3.63, 3.8) is 0 Å². The van der Waals surface area contributed by atoms with Gasteiger partial charge in [-0.1, -0.05) is 32.9 Å². The Balaban J connectivity index is 2.72. The largest absolute Gasteiger partial charge is 0.492 e. The molecule has 19 heavy (non-hydrogen) atoms. The number of Topliss-reactive ketones (excluding diaryl/α,β-unsaturated/α-hetero) is 1. The van der Waals surface area contributed by atoms with Gasteiger partial charge in [0.25, 0.3) is 0 Å². The monoisotopic (exact) mass is 264 g/mol. The van der Waals surface area contributed by atoms with Gasteiger partial charge in [-0.25, -0.2) is 0 Å². The molecule has 2 atom stereocenters. The van der Waals surface area contributed by atoms with Gasteiger partial charge in [-0.15, -0.1) is 0 Å². The average Bonchev–Trinajstić information content (AvgIpc) is 2.43. The zero-order chi connectivity index (χ0) is 14.4. The Morgan fingerprint density at radius 2 is 1.79 bits per heavy atom. The molecule has 0 heterocycles. The van der Waals surface area contributed by atoms with Crippen molar-refractivity contribution in [3.8, 4) is 5.75 Å².